The number of para-hydroxylation sites is 1. The SMILES string of the molecule is [Cl-].c1ccc2c(c1)nnn2OOC(N=C1CCCC1)=[N+]=C1CCCC1. The normalized spacial score (nSPS) is 16.5. The van der Waals surface area contributed by atoms with Gasteiger partial charge >= 0.3 is 6.02 Å². The van der Waals surface area contributed by atoms with Crippen LogP contribution in [0.15, 0.2) is 29.3 Å². The van der Waals surface area contributed by atoms with Gasteiger partial charge < -0.3 is 12.4 Å². The summed E-state index contributed by atoms with van der Waals surface area (Å²) >= 11 is 0. The molecule has 2 aliphatic rings. The number of benzene rings is 1. The van der Waals surface area contributed by atoms with E-state index in [1.54, 1.807) is 0 Å². The van der Waals surface area contributed by atoms with Crippen molar-refractivity contribution in [1.82, 2.24) is 19.8 Å². The number of hydrogen-bond acceptors (Lipinski definition) is 4. The number of fused-ring (bicyclic) bond motifs is 1. The molecule has 0 saturated heterocycles. The maximum atomic E-state index is 5.42. The average molecular weight is 362 g/mol. The molecular weight excluding hydrogens is 342 g/mol. The van der Waals surface area contributed by atoms with Gasteiger partial charge in [-0.3, -0.25) is 0 Å². The van der Waals surface area contributed by atoms with Gasteiger partial charge in [0.15, 0.2) is 5.71 Å². The van der Waals surface area contributed by atoms with E-state index in [0.29, 0.717) is 0 Å². The highest BCUT2D eigenvalue weighted by molar-refractivity contribution is 5.98. The fourth-order valence-corrected chi connectivity index (χ4v) is 3.09. The van der Waals surface area contributed by atoms with E-state index >= 15 is 0 Å². The first-order chi connectivity index (χ1) is 11.9. The Morgan fingerprint density at radius 2 is 1.76 bits per heavy atom. The van der Waals surface area contributed by atoms with Gasteiger partial charge in [-0.15, -0.1) is 5.10 Å². The predicted molar refractivity (Wildman–Crippen MR) is 91.7 cm³/mol. The third-order valence-electron chi connectivity index (χ3n) is 4.37. The minimum Gasteiger partial charge on any atom is -1.00 e. The fourth-order valence-electron chi connectivity index (χ4n) is 3.09. The highest BCUT2D eigenvalue weighted by Crippen LogP contribution is 2.15. The summed E-state index contributed by atoms with van der Waals surface area (Å²) in [7, 11) is 0. The molecule has 2 saturated carbocycles. The Labute approximate surface area is 151 Å². The Morgan fingerprint density at radius 1 is 1.04 bits per heavy atom. The van der Waals surface area contributed by atoms with E-state index in [-0.39, 0.29) is 18.4 Å². The van der Waals surface area contributed by atoms with Crippen LogP contribution < -0.4 is 22.1 Å². The molecule has 1 aromatic carbocycles. The Balaban J connectivity index is 0.00000182. The molecule has 25 heavy (non-hydrogen) atoms. The van der Waals surface area contributed by atoms with Gasteiger partial charge in [-0.05, 0) is 47.9 Å². The summed E-state index contributed by atoms with van der Waals surface area (Å²) in [5.74, 6) is 0. The maximum absolute atomic E-state index is 5.42. The Morgan fingerprint density at radius 3 is 2.56 bits per heavy atom. The van der Waals surface area contributed by atoms with Crippen LogP contribution in [0, 0.1) is 0 Å². The zero-order valence-corrected chi connectivity index (χ0v) is 14.7. The van der Waals surface area contributed by atoms with Crippen molar-refractivity contribution in [2.45, 2.75) is 51.4 Å². The first-order valence-corrected chi connectivity index (χ1v) is 8.54. The van der Waals surface area contributed by atoms with Crippen molar-refractivity contribution in [3.63, 3.8) is 0 Å². The Hall–Kier alpha value is -2.37. The Kier molecular flexibility index (Phi) is 5.68. The largest absolute Gasteiger partial charge is 1.00 e. The molecule has 0 unspecified atom stereocenters. The van der Waals surface area contributed by atoms with Crippen molar-refractivity contribution in [1.29, 1.82) is 0 Å². The number of nitrogens with zero attached hydrogens (tertiary/aromatic N) is 5. The lowest BCUT2D eigenvalue weighted by atomic mass is 10.3. The third-order valence-corrected chi connectivity index (χ3v) is 4.37. The van der Waals surface area contributed by atoms with Gasteiger partial charge in [0.05, 0.1) is 0 Å². The molecule has 4 rings (SSSR count). The van der Waals surface area contributed by atoms with E-state index in [9.17, 15) is 0 Å². The van der Waals surface area contributed by atoms with Crippen molar-refractivity contribution in [2.75, 3.05) is 0 Å². The molecular formula is C17H20ClN5O2. The van der Waals surface area contributed by atoms with E-state index in [4.69, 9.17) is 9.88 Å². The van der Waals surface area contributed by atoms with Gasteiger partial charge in [-0.1, -0.05) is 12.1 Å². The molecule has 0 radical (unpaired) electrons. The van der Waals surface area contributed by atoms with Gasteiger partial charge in [0.2, 0.25) is 0 Å². The molecule has 0 N–H and O–H groups in total. The van der Waals surface area contributed by atoms with E-state index in [1.807, 2.05) is 24.3 Å². The standard InChI is InChI=1S/C17H20N5O2.ClH/c1-2-8-13(7-1)18-17(19-14-9-3-4-10-14)23-24-22-16-12-6-5-11-15(16)20-21-22;/h5-6,11-12H,1-4,7-10H2;1H/q+1;/p-1. The zero-order chi connectivity index (χ0) is 16.2. The number of halogens is 1. The van der Waals surface area contributed by atoms with Crippen LogP contribution in [0.5, 0.6) is 0 Å². The van der Waals surface area contributed by atoms with Crippen LogP contribution in [-0.2, 0) is 4.89 Å². The molecule has 0 aliphatic heterocycles. The molecule has 0 amide bonds. The lowest BCUT2D eigenvalue weighted by Crippen LogP contribution is -3.00. The molecule has 2 aliphatic carbocycles. The summed E-state index contributed by atoms with van der Waals surface area (Å²) in [6.45, 7) is 0. The monoisotopic (exact) mass is 361 g/mol. The van der Waals surface area contributed by atoms with Crippen LogP contribution in [0.2, 0.25) is 0 Å². The van der Waals surface area contributed by atoms with Crippen molar-refractivity contribution >= 4 is 28.5 Å². The molecule has 132 valence electrons. The minimum absolute atomic E-state index is 0. The quantitative estimate of drug-likeness (QED) is 0.232. The van der Waals surface area contributed by atoms with Crippen LogP contribution >= 0.6 is 0 Å². The van der Waals surface area contributed by atoms with Crippen molar-refractivity contribution in [2.24, 2.45) is 4.99 Å². The number of rotatable bonds is 2. The lowest BCUT2D eigenvalue weighted by molar-refractivity contribution is -0.232. The van der Waals surface area contributed by atoms with Gasteiger partial charge in [-0.2, -0.15) is 14.5 Å². The van der Waals surface area contributed by atoms with Gasteiger partial charge in [-0.25, -0.2) is 0 Å². The molecule has 0 spiro atoms. The molecule has 1 heterocycles. The van der Waals surface area contributed by atoms with E-state index in [0.717, 1.165) is 48.1 Å². The molecule has 1 aromatic heterocycles. The molecule has 7 nitrogen and oxygen atoms in total. The second kappa shape index (κ2) is 8.14. The lowest BCUT2D eigenvalue weighted by Gasteiger charge is -1.97. The molecule has 2 fully saturated rings. The average Bonchev–Trinajstić information content (AvgIpc) is 3.35. The van der Waals surface area contributed by atoms with E-state index in [2.05, 4.69) is 20.0 Å². The predicted octanol–water partition coefficient (Wildman–Crippen LogP) is -0.751. The fraction of sp³-hybridized carbons (Fsp3) is 0.471. The number of aromatic nitrogens is 3. The summed E-state index contributed by atoms with van der Waals surface area (Å²) in [6, 6.07) is 7.79. The highest BCUT2D eigenvalue weighted by atomic mass is 35.5. The van der Waals surface area contributed by atoms with Crippen LogP contribution in [0.4, 0.5) is 0 Å². The molecule has 8 heteroatoms. The van der Waals surface area contributed by atoms with Crippen LogP contribution in [0.3, 0.4) is 0 Å². The summed E-state index contributed by atoms with van der Waals surface area (Å²) in [6.07, 6.45) is 8.73. The van der Waals surface area contributed by atoms with Gasteiger partial charge in [0.25, 0.3) is 0 Å². The topological polar surface area (TPSA) is 75.6 Å². The smallest absolute Gasteiger partial charge is 0.639 e. The third kappa shape index (κ3) is 4.18. The minimum atomic E-state index is 0. The summed E-state index contributed by atoms with van der Waals surface area (Å²) in [5, 5.41) is 7.97. The van der Waals surface area contributed by atoms with Crippen LogP contribution in [0.25, 0.3) is 11.0 Å². The molecule has 2 aromatic rings. The molecule has 0 atom stereocenters. The first kappa shape index (κ1) is 17.5. The second-order valence-corrected chi connectivity index (χ2v) is 6.16. The highest BCUT2D eigenvalue weighted by Gasteiger charge is 2.23. The van der Waals surface area contributed by atoms with Crippen molar-refractivity contribution in [3.8, 4) is 0 Å². The number of aliphatic imine (C=N–C) groups is 1. The van der Waals surface area contributed by atoms with Crippen molar-refractivity contribution in [3.05, 3.63) is 24.3 Å². The van der Waals surface area contributed by atoms with Gasteiger partial charge in [0.1, 0.15) is 16.7 Å². The first-order valence-electron chi connectivity index (χ1n) is 8.54. The van der Waals surface area contributed by atoms with E-state index in [1.165, 1.54) is 30.5 Å². The van der Waals surface area contributed by atoms with E-state index < -0.39 is 0 Å². The second-order valence-electron chi connectivity index (χ2n) is 6.16. The number of hydrogen-bond donors (Lipinski definition) is 0. The number of amidine groups is 1. The summed E-state index contributed by atoms with van der Waals surface area (Å²) in [4.78, 5) is 16.6. The van der Waals surface area contributed by atoms with Crippen LogP contribution in [-0.4, -0.2) is 32.6 Å². The van der Waals surface area contributed by atoms with Gasteiger partial charge in [0, 0.05) is 30.7 Å². The molecule has 0 bridgehead atoms. The maximum Gasteiger partial charge on any atom is 0.639 e. The summed E-state index contributed by atoms with van der Waals surface area (Å²) < 4.78 is 4.56. The summed E-state index contributed by atoms with van der Waals surface area (Å²) in [5.41, 5.74) is 3.73. The zero-order valence-electron chi connectivity index (χ0n) is 13.9. The van der Waals surface area contributed by atoms with Crippen LogP contribution in [0.1, 0.15) is 51.4 Å². The Bertz CT molecular complexity index is 822. The van der Waals surface area contributed by atoms with Crippen molar-refractivity contribution < 1.29 is 22.3 Å².